The summed E-state index contributed by atoms with van der Waals surface area (Å²) in [6, 6.07) is 5.71. The molecule has 8 heteroatoms. The highest BCUT2D eigenvalue weighted by atomic mass is 35.5. The number of esters is 1. The molecule has 6 nitrogen and oxygen atoms in total. The lowest BCUT2D eigenvalue weighted by Gasteiger charge is -2.39. The molecule has 2 atom stereocenters. The van der Waals surface area contributed by atoms with Crippen molar-refractivity contribution in [1.82, 2.24) is 10.2 Å². The molecule has 0 bridgehead atoms. The van der Waals surface area contributed by atoms with Crippen molar-refractivity contribution >= 4 is 35.1 Å². The van der Waals surface area contributed by atoms with Crippen molar-refractivity contribution in [3.63, 3.8) is 0 Å². The van der Waals surface area contributed by atoms with Gasteiger partial charge in [0.25, 0.3) is 0 Å². The lowest BCUT2D eigenvalue weighted by atomic mass is 9.74. The summed E-state index contributed by atoms with van der Waals surface area (Å²) in [5.74, 6) is 0.702. The predicted octanol–water partition coefficient (Wildman–Crippen LogP) is 3.36. The van der Waals surface area contributed by atoms with Crippen LogP contribution in [0.25, 0.3) is 0 Å². The minimum absolute atomic E-state index is 0.138. The van der Waals surface area contributed by atoms with Crippen molar-refractivity contribution < 1.29 is 14.3 Å². The first-order valence-corrected chi connectivity index (χ1v) is 10.7. The smallest absolute Gasteiger partial charge is 0.310 e. The topological polar surface area (TPSA) is 63.2 Å². The van der Waals surface area contributed by atoms with Crippen LogP contribution in [0, 0.1) is 11.8 Å². The van der Waals surface area contributed by atoms with Crippen LogP contribution in [0.1, 0.15) is 25.3 Å². The van der Waals surface area contributed by atoms with Crippen molar-refractivity contribution in [2.75, 3.05) is 47.0 Å². The van der Waals surface area contributed by atoms with Gasteiger partial charge in [0.1, 0.15) is 0 Å². The van der Waals surface area contributed by atoms with Crippen LogP contribution >= 0.6 is 23.2 Å². The fourth-order valence-electron chi connectivity index (χ4n) is 4.40. The highest BCUT2D eigenvalue weighted by Crippen LogP contribution is 2.39. The molecule has 29 heavy (non-hydrogen) atoms. The number of guanidine groups is 1. The van der Waals surface area contributed by atoms with Crippen molar-refractivity contribution in [2.45, 2.75) is 25.2 Å². The number of halogens is 2. The fourth-order valence-corrected chi connectivity index (χ4v) is 5.01. The fraction of sp³-hybridized carbons (Fsp3) is 0.619. The van der Waals surface area contributed by atoms with Gasteiger partial charge in [-0.25, -0.2) is 0 Å². The number of benzene rings is 1. The van der Waals surface area contributed by atoms with Gasteiger partial charge in [0.15, 0.2) is 5.96 Å². The number of hydrogen-bond acceptors (Lipinski definition) is 4. The standard InChI is InChI=1S/C21H29Cl2N3O3/c1-14-11-26(12-16(14)19(27)28-3)20(24-2)25-13-21(6-8-29-9-7-21)17-5-4-15(22)10-18(17)23/h4-5,10,14,16H,6-9,11-13H2,1-3H3,(H,24,25). The first-order valence-electron chi connectivity index (χ1n) is 9.97. The van der Waals surface area contributed by atoms with E-state index in [0.717, 1.165) is 30.9 Å². The number of carbonyl (C=O) groups is 1. The maximum atomic E-state index is 12.0. The van der Waals surface area contributed by atoms with Gasteiger partial charge in [0.05, 0.1) is 13.0 Å². The molecular formula is C21H29Cl2N3O3. The molecule has 1 N–H and O–H groups in total. The summed E-state index contributed by atoms with van der Waals surface area (Å²) in [7, 11) is 3.21. The molecule has 2 heterocycles. The molecule has 2 aliphatic rings. The second kappa shape index (κ2) is 9.54. The van der Waals surface area contributed by atoms with Gasteiger partial charge in [-0.15, -0.1) is 0 Å². The van der Waals surface area contributed by atoms with Crippen LogP contribution in [0.5, 0.6) is 0 Å². The molecule has 0 aromatic heterocycles. The van der Waals surface area contributed by atoms with Crippen LogP contribution in [-0.4, -0.2) is 63.8 Å². The third-order valence-corrected chi connectivity index (χ3v) is 6.71. The molecule has 0 radical (unpaired) electrons. The van der Waals surface area contributed by atoms with Crippen molar-refractivity contribution in [1.29, 1.82) is 0 Å². The van der Waals surface area contributed by atoms with Gasteiger partial charge in [0.2, 0.25) is 0 Å². The number of ether oxygens (including phenoxy) is 2. The van der Waals surface area contributed by atoms with Gasteiger partial charge in [-0.05, 0) is 36.5 Å². The Morgan fingerprint density at radius 3 is 2.69 bits per heavy atom. The number of hydrogen-bond donors (Lipinski definition) is 1. The van der Waals surface area contributed by atoms with Crippen LogP contribution in [0.2, 0.25) is 10.0 Å². The van der Waals surface area contributed by atoms with E-state index in [1.165, 1.54) is 7.11 Å². The third kappa shape index (κ3) is 4.81. The number of aliphatic imine (C=N–C) groups is 1. The van der Waals surface area contributed by atoms with E-state index in [2.05, 4.69) is 22.1 Å². The van der Waals surface area contributed by atoms with Crippen LogP contribution < -0.4 is 5.32 Å². The Hall–Kier alpha value is -1.50. The maximum absolute atomic E-state index is 12.0. The Morgan fingerprint density at radius 2 is 2.07 bits per heavy atom. The average molecular weight is 442 g/mol. The Labute approximate surface area is 182 Å². The number of rotatable bonds is 4. The molecule has 0 saturated carbocycles. The van der Waals surface area contributed by atoms with Gasteiger partial charge < -0.3 is 19.7 Å². The van der Waals surface area contributed by atoms with E-state index in [-0.39, 0.29) is 23.2 Å². The largest absolute Gasteiger partial charge is 0.469 e. The monoisotopic (exact) mass is 441 g/mol. The van der Waals surface area contributed by atoms with E-state index in [4.69, 9.17) is 32.7 Å². The minimum Gasteiger partial charge on any atom is -0.469 e. The van der Waals surface area contributed by atoms with Gasteiger partial charge in [-0.1, -0.05) is 36.2 Å². The number of carbonyl (C=O) groups excluding carboxylic acids is 1. The van der Waals surface area contributed by atoms with Gasteiger partial charge in [-0.3, -0.25) is 9.79 Å². The molecule has 160 valence electrons. The van der Waals surface area contributed by atoms with Crippen LogP contribution in [0.3, 0.4) is 0 Å². The molecule has 3 rings (SSSR count). The molecule has 2 saturated heterocycles. The Morgan fingerprint density at radius 1 is 1.34 bits per heavy atom. The summed E-state index contributed by atoms with van der Waals surface area (Å²) in [6.07, 6.45) is 1.72. The summed E-state index contributed by atoms with van der Waals surface area (Å²) in [5.41, 5.74) is 0.917. The molecule has 2 unspecified atom stereocenters. The highest BCUT2D eigenvalue weighted by molar-refractivity contribution is 6.35. The van der Waals surface area contributed by atoms with E-state index in [1.54, 1.807) is 13.1 Å². The first kappa shape index (κ1) is 22.2. The van der Waals surface area contributed by atoms with Crippen molar-refractivity contribution in [2.24, 2.45) is 16.8 Å². The lowest BCUT2D eigenvalue weighted by molar-refractivity contribution is -0.145. The quantitative estimate of drug-likeness (QED) is 0.440. The first-order chi connectivity index (χ1) is 13.9. The summed E-state index contributed by atoms with van der Waals surface area (Å²) in [5, 5.41) is 4.84. The van der Waals surface area contributed by atoms with Crippen LogP contribution in [0.15, 0.2) is 23.2 Å². The maximum Gasteiger partial charge on any atom is 0.310 e. The number of nitrogens with one attached hydrogen (secondary N) is 1. The predicted molar refractivity (Wildman–Crippen MR) is 116 cm³/mol. The lowest BCUT2D eigenvalue weighted by Crippen LogP contribution is -2.49. The van der Waals surface area contributed by atoms with Crippen LogP contribution in [-0.2, 0) is 19.7 Å². The Bertz CT molecular complexity index is 766. The van der Waals surface area contributed by atoms with Crippen molar-refractivity contribution in [3.05, 3.63) is 33.8 Å². The molecule has 0 aliphatic carbocycles. The molecule has 1 aromatic carbocycles. The normalized spacial score (nSPS) is 24.4. The summed E-state index contributed by atoms with van der Waals surface area (Å²) in [6.45, 7) is 5.48. The van der Waals surface area contributed by atoms with Crippen molar-refractivity contribution in [3.8, 4) is 0 Å². The molecule has 1 aromatic rings. The van der Waals surface area contributed by atoms with E-state index < -0.39 is 0 Å². The molecule has 0 amide bonds. The molecule has 0 spiro atoms. The van der Waals surface area contributed by atoms with E-state index >= 15 is 0 Å². The number of nitrogens with zero attached hydrogens (tertiary/aromatic N) is 2. The van der Waals surface area contributed by atoms with E-state index in [0.29, 0.717) is 36.3 Å². The molecule has 2 fully saturated rings. The van der Waals surface area contributed by atoms with Gasteiger partial charge in [0, 0.05) is 55.4 Å². The van der Waals surface area contributed by atoms with Gasteiger partial charge >= 0.3 is 5.97 Å². The highest BCUT2D eigenvalue weighted by Gasteiger charge is 2.39. The van der Waals surface area contributed by atoms with E-state index in [1.807, 2.05) is 12.1 Å². The van der Waals surface area contributed by atoms with Gasteiger partial charge in [-0.2, -0.15) is 0 Å². The van der Waals surface area contributed by atoms with E-state index in [9.17, 15) is 4.79 Å². The second-order valence-corrected chi connectivity index (χ2v) is 8.77. The minimum atomic E-state index is -0.164. The Balaban J connectivity index is 1.76. The number of likely N-dealkylation sites (tertiary alicyclic amines) is 1. The average Bonchev–Trinajstić information content (AvgIpc) is 3.10. The SMILES string of the molecule is CN=C(NCC1(c2ccc(Cl)cc2Cl)CCOCC1)N1CC(C)C(C(=O)OC)C1. The molecular weight excluding hydrogens is 413 g/mol. The zero-order valence-electron chi connectivity index (χ0n) is 17.2. The summed E-state index contributed by atoms with van der Waals surface area (Å²) >= 11 is 12.7. The summed E-state index contributed by atoms with van der Waals surface area (Å²) < 4.78 is 10.6. The second-order valence-electron chi connectivity index (χ2n) is 7.93. The summed E-state index contributed by atoms with van der Waals surface area (Å²) in [4.78, 5) is 18.6. The number of methoxy groups -OCH3 is 1. The molecule has 2 aliphatic heterocycles. The zero-order valence-corrected chi connectivity index (χ0v) is 18.7. The Kier molecular flexibility index (Phi) is 7.30. The third-order valence-electron chi connectivity index (χ3n) is 6.16. The zero-order chi connectivity index (χ0) is 21.0. The van der Waals surface area contributed by atoms with Crippen LogP contribution in [0.4, 0.5) is 0 Å².